The molecule has 0 bridgehead atoms. The van der Waals surface area contributed by atoms with Gasteiger partial charge < -0.3 is 5.73 Å². The maximum absolute atomic E-state index is 12.1. The number of fused-ring (bicyclic) bond motifs is 1. The van der Waals surface area contributed by atoms with Crippen molar-refractivity contribution in [2.75, 3.05) is 0 Å². The summed E-state index contributed by atoms with van der Waals surface area (Å²) in [5.41, 5.74) is 11.4. The molecule has 29 heavy (non-hydrogen) atoms. The SMILES string of the molecule is [C-]#[N+]c1ccc(CC)cc1-c1c(-c2ccc3c(=O)[nH]nc(CN)c3c2)cnn1C. The molecule has 0 saturated carbocycles. The molecule has 0 spiro atoms. The van der Waals surface area contributed by atoms with E-state index in [1.807, 2.05) is 37.4 Å². The Morgan fingerprint density at radius 1 is 1.17 bits per heavy atom. The van der Waals surface area contributed by atoms with Gasteiger partial charge in [-0.25, -0.2) is 9.94 Å². The van der Waals surface area contributed by atoms with E-state index in [1.165, 1.54) is 0 Å². The van der Waals surface area contributed by atoms with Crippen LogP contribution in [0.2, 0.25) is 0 Å². The van der Waals surface area contributed by atoms with Crippen molar-refractivity contribution in [3.63, 3.8) is 0 Å². The van der Waals surface area contributed by atoms with Gasteiger partial charge in [-0.05, 0) is 24.1 Å². The molecule has 7 heteroatoms. The second-order valence-corrected chi connectivity index (χ2v) is 6.81. The molecule has 0 atom stereocenters. The summed E-state index contributed by atoms with van der Waals surface area (Å²) in [5.74, 6) is 0. The van der Waals surface area contributed by atoms with Gasteiger partial charge in [0, 0.05) is 30.1 Å². The first-order valence-electron chi connectivity index (χ1n) is 9.31. The number of rotatable bonds is 4. The Labute approximate surface area is 167 Å². The smallest absolute Gasteiger partial charge is 0.272 e. The van der Waals surface area contributed by atoms with Crippen molar-refractivity contribution >= 4 is 16.5 Å². The van der Waals surface area contributed by atoms with E-state index in [-0.39, 0.29) is 12.1 Å². The summed E-state index contributed by atoms with van der Waals surface area (Å²) < 4.78 is 1.78. The number of hydrogen-bond donors (Lipinski definition) is 2. The first-order valence-corrected chi connectivity index (χ1v) is 9.31. The van der Waals surface area contributed by atoms with Gasteiger partial charge in [-0.3, -0.25) is 9.48 Å². The lowest BCUT2D eigenvalue weighted by Gasteiger charge is -2.11. The third-order valence-corrected chi connectivity index (χ3v) is 5.16. The molecule has 0 radical (unpaired) electrons. The van der Waals surface area contributed by atoms with E-state index < -0.39 is 0 Å². The molecular formula is C22H20N6O. The van der Waals surface area contributed by atoms with Crippen LogP contribution in [0.15, 0.2) is 47.4 Å². The van der Waals surface area contributed by atoms with Gasteiger partial charge in [0.2, 0.25) is 0 Å². The molecule has 0 aliphatic rings. The summed E-state index contributed by atoms with van der Waals surface area (Å²) in [5, 5.41) is 12.3. The highest BCUT2D eigenvalue weighted by Gasteiger charge is 2.18. The van der Waals surface area contributed by atoms with Gasteiger partial charge in [0.1, 0.15) is 0 Å². The molecule has 0 aliphatic carbocycles. The lowest BCUT2D eigenvalue weighted by molar-refractivity contribution is 0.776. The van der Waals surface area contributed by atoms with E-state index in [1.54, 1.807) is 16.9 Å². The Balaban J connectivity index is 1.98. The Hall–Kier alpha value is -3.76. The van der Waals surface area contributed by atoms with Crippen LogP contribution in [-0.4, -0.2) is 20.0 Å². The first-order chi connectivity index (χ1) is 14.1. The van der Waals surface area contributed by atoms with Crippen molar-refractivity contribution in [2.24, 2.45) is 12.8 Å². The fourth-order valence-corrected chi connectivity index (χ4v) is 3.60. The van der Waals surface area contributed by atoms with Crippen molar-refractivity contribution < 1.29 is 0 Å². The van der Waals surface area contributed by atoms with Crippen molar-refractivity contribution in [1.29, 1.82) is 0 Å². The molecule has 7 nitrogen and oxygen atoms in total. The Morgan fingerprint density at radius 2 is 2.00 bits per heavy atom. The molecule has 0 unspecified atom stereocenters. The van der Waals surface area contributed by atoms with Crippen LogP contribution < -0.4 is 11.3 Å². The van der Waals surface area contributed by atoms with Crippen LogP contribution in [-0.2, 0) is 20.0 Å². The fraction of sp³-hybridized carbons (Fsp3) is 0.182. The molecule has 144 valence electrons. The van der Waals surface area contributed by atoms with Gasteiger partial charge >= 0.3 is 0 Å². The Bertz CT molecular complexity index is 1330. The van der Waals surface area contributed by atoms with Crippen LogP contribution in [0.5, 0.6) is 0 Å². The third-order valence-electron chi connectivity index (χ3n) is 5.16. The molecule has 0 aliphatic heterocycles. The zero-order valence-electron chi connectivity index (χ0n) is 16.2. The Morgan fingerprint density at radius 3 is 2.72 bits per heavy atom. The van der Waals surface area contributed by atoms with Crippen LogP contribution in [0.3, 0.4) is 0 Å². The van der Waals surface area contributed by atoms with Crippen LogP contribution in [0.25, 0.3) is 38.0 Å². The largest absolute Gasteiger partial charge is 0.325 e. The minimum atomic E-state index is -0.249. The lowest BCUT2D eigenvalue weighted by atomic mass is 9.96. The second kappa shape index (κ2) is 7.34. The molecule has 4 aromatic rings. The standard InChI is InChI=1S/C22H20N6O/c1-4-13-5-8-19(24-2)17(9-13)21-18(12-25-28(21)3)14-6-7-15-16(10-14)20(11-23)26-27-22(15)29/h5-10,12H,4,11,23H2,1,3H3,(H,27,29). The number of benzene rings is 2. The zero-order valence-corrected chi connectivity index (χ0v) is 16.2. The molecular weight excluding hydrogens is 364 g/mol. The van der Waals surface area contributed by atoms with Crippen LogP contribution in [0, 0.1) is 6.57 Å². The minimum Gasteiger partial charge on any atom is -0.325 e. The summed E-state index contributed by atoms with van der Waals surface area (Å²) >= 11 is 0. The third kappa shape index (κ3) is 3.10. The quantitative estimate of drug-likeness (QED) is 0.526. The number of nitrogens with two attached hydrogens (primary N) is 1. The van der Waals surface area contributed by atoms with E-state index in [9.17, 15) is 4.79 Å². The molecule has 2 aromatic carbocycles. The number of aryl methyl sites for hydroxylation is 2. The average molecular weight is 384 g/mol. The van der Waals surface area contributed by atoms with Gasteiger partial charge in [0.15, 0.2) is 5.69 Å². The van der Waals surface area contributed by atoms with Gasteiger partial charge in [0.05, 0.1) is 29.5 Å². The fourth-order valence-electron chi connectivity index (χ4n) is 3.60. The average Bonchev–Trinajstić information content (AvgIpc) is 3.14. The highest BCUT2D eigenvalue weighted by molar-refractivity contribution is 5.93. The van der Waals surface area contributed by atoms with E-state index in [0.717, 1.165) is 39.8 Å². The monoisotopic (exact) mass is 384 g/mol. The molecule has 0 amide bonds. The molecule has 2 heterocycles. The zero-order chi connectivity index (χ0) is 20.5. The number of nitrogens with zero attached hydrogens (tertiary/aromatic N) is 4. The number of hydrogen-bond acceptors (Lipinski definition) is 4. The van der Waals surface area contributed by atoms with E-state index in [0.29, 0.717) is 16.8 Å². The van der Waals surface area contributed by atoms with E-state index in [4.69, 9.17) is 12.3 Å². The lowest BCUT2D eigenvalue weighted by Crippen LogP contribution is -2.13. The Kier molecular flexibility index (Phi) is 4.71. The summed E-state index contributed by atoms with van der Waals surface area (Å²) in [7, 11) is 1.86. The van der Waals surface area contributed by atoms with Crippen LogP contribution in [0.1, 0.15) is 18.2 Å². The summed E-state index contributed by atoms with van der Waals surface area (Å²) in [6.07, 6.45) is 2.66. The molecule has 2 aromatic heterocycles. The molecule has 4 rings (SSSR count). The van der Waals surface area contributed by atoms with Crippen molar-refractivity contribution in [1.82, 2.24) is 20.0 Å². The predicted octanol–water partition coefficient (Wildman–Crippen LogP) is 3.56. The van der Waals surface area contributed by atoms with Gasteiger partial charge in [-0.2, -0.15) is 10.2 Å². The minimum absolute atomic E-state index is 0.219. The van der Waals surface area contributed by atoms with Crippen molar-refractivity contribution in [3.8, 4) is 22.4 Å². The highest BCUT2D eigenvalue weighted by Crippen LogP contribution is 2.38. The number of H-pyrrole nitrogens is 1. The molecule has 0 saturated heterocycles. The number of aromatic amines is 1. The van der Waals surface area contributed by atoms with Crippen molar-refractivity contribution in [3.05, 3.63) is 75.6 Å². The molecule has 0 fully saturated rings. The highest BCUT2D eigenvalue weighted by atomic mass is 16.1. The van der Waals surface area contributed by atoms with Crippen LogP contribution in [0.4, 0.5) is 5.69 Å². The second-order valence-electron chi connectivity index (χ2n) is 6.81. The van der Waals surface area contributed by atoms with E-state index >= 15 is 0 Å². The summed E-state index contributed by atoms with van der Waals surface area (Å²) in [6, 6.07) is 11.5. The van der Waals surface area contributed by atoms with Crippen LogP contribution >= 0.6 is 0 Å². The topological polar surface area (TPSA) is 93.9 Å². The van der Waals surface area contributed by atoms with Gasteiger partial charge in [-0.15, -0.1) is 0 Å². The predicted molar refractivity (Wildman–Crippen MR) is 114 cm³/mol. The van der Waals surface area contributed by atoms with E-state index in [2.05, 4.69) is 27.1 Å². The summed E-state index contributed by atoms with van der Waals surface area (Å²) in [6.45, 7) is 9.89. The normalized spacial score (nSPS) is 11.0. The first kappa shape index (κ1) is 18.6. The van der Waals surface area contributed by atoms with Gasteiger partial charge in [0.25, 0.3) is 5.56 Å². The molecule has 3 N–H and O–H groups in total. The van der Waals surface area contributed by atoms with Crippen molar-refractivity contribution in [2.45, 2.75) is 19.9 Å². The maximum atomic E-state index is 12.1. The maximum Gasteiger partial charge on any atom is 0.272 e. The number of nitrogens with one attached hydrogen (secondary N) is 1. The number of aromatic nitrogens is 4. The van der Waals surface area contributed by atoms with Gasteiger partial charge in [-0.1, -0.05) is 36.8 Å². The summed E-state index contributed by atoms with van der Waals surface area (Å²) in [4.78, 5) is 15.8.